The summed E-state index contributed by atoms with van der Waals surface area (Å²) in [5.41, 5.74) is 0.773. The average Bonchev–Trinajstić information content (AvgIpc) is 2.81. The van der Waals surface area contributed by atoms with E-state index in [0.29, 0.717) is 24.6 Å². The fourth-order valence-corrected chi connectivity index (χ4v) is 2.79. The van der Waals surface area contributed by atoms with Crippen LogP contribution in [-0.2, 0) is 0 Å². The molecule has 2 rings (SSSR count). The van der Waals surface area contributed by atoms with Crippen LogP contribution in [0.1, 0.15) is 46.0 Å². The molecular formula is C12H23NO. The molecule has 2 saturated carbocycles. The molecule has 14 heavy (non-hydrogen) atoms. The second-order valence-corrected chi connectivity index (χ2v) is 5.78. The Morgan fingerprint density at radius 2 is 2.00 bits per heavy atom. The molecule has 2 aliphatic carbocycles. The fourth-order valence-electron chi connectivity index (χ4n) is 2.79. The minimum Gasteiger partial charge on any atom is -0.395 e. The van der Waals surface area contributed by atoms with Gasteiger partial charge in [0.25, 0.3) is 0 Å². The molecule has 0 aromatic heterocycles. The van der Waals surface area contributed by atoms with Gasteiger partial charge in [-0.3, -0.25) is 0 Å². The SMILES string of the molecule is CC(C)C[C@@H](CO)NC1CC2(CC2)C1. The Bertz CT molecular complexity index is 190. The van der Waals surface area contributed by atoms with E-state index in [-0.39, 0.29) is 0 Å². The highest BCUT2D eigenvalue weighted by molar-refractivity contribution is 5.07. The number of nitrogens with one attached hydrogen (secondary N) is 1. The first-order valence-corrected chi connectivity index (χ1v) is 6.00. The van der Waals surface area contributed by atoms with Gasteiger partial charge in [0, 0.05) is 12.1 Å². The Morgan fingerprint density at radius 3 is 2.43 bits per heavy atom. The molecule has 0 bridgehead atoms. The van der Waals surface area contributed by atoms with Crippen molar-refractivity contribution < 1.29 is 5.11 Å². The summed E-state index contributed by atoms with van der Waals surface area (Å²) in [6.45, 7) is 4.72. The normalized spacial score (nSPS) is 26.6. The molecule has 82 valence electrons. The molecule has 2 aliphatic rings. The highest BCUT2D eigenvalue weighted by Gasteiger charge is 2.52. The second kappa shape index (κ2) is 3.82. The van der Waals surface area contributed by atoms with Gasteiger partial charge in [-0.15, -0.1) is 0 Å². The largest absolute Gasteiger partial charge is 0.395 e. The highest BCUT2D eigenvalue weighted by Crippen LogP contribution is 2.60. The second-order valence-electron chi connectivity index (χ2n) is 5.78. The predicted octanol–water partition coefficient (Wildman–Crippen LogP) is 1.93. The van der Waals surface area contributed by atoms with E-state index >= 15 is 0 Å². The summed E-state index contributed by atoms with van der Waals surface area (Å²) in [6, 6.07) is 1.03. The third kappa shape index (κ3) is 2.29. The lowest BCUT2D eigenvalue weighted by Crippen LogP contribution is -2.48. The summed E-state index contributed by atoms with van der Waals surface area (Å²) >= 11 is 0. The van der Waals surface area contributed by atoms with Crippen molar-refractivity contribution in [3.8, 4) is 0 Å². The van der Waals surface area contributed by atoms with Crippen molar-refractivity contribution >= 4 is 0 Å². The summed E-state index contributed by atoms with van der Waals surface area (Å²) in [5.74, 6) is 0.676. The van der Waals surface area contributed by atoms with Crippen LogP contribution in [0, 0.1) is 11.3 Å². The number of hydrogen-bond donors (Lipinski definition) is 2. The number of aliphatic hydroxyl groups excluding tert-OH is 1. The minimum atomic E-state index is 0.293. The molecule has 0 unspecified atom stereocenters. The molecule has 2 fully saturated rings. The molecule has 0 heterocycles. The Labute approximate surface area is 87.1 Å². The lowest BCUT2D eigenvalue weighted by atomic mass is 9.76. The Kier molecular flexibility index (Phi) is 2.85. The van der Waals surface area contributed by atoms with E-state index in [2.05, 4.69) is 19.2 Å². The standard InChI is InChI=1S/C12H23NO/c1-9(2)5-10(8-14)13-11-6-12(7-11)3-4-12/h9-11,13-14H,3-8H2,1-2H3/t10-/m0/s1. The molecule has 0 aromatic rings. The zero-order chi connectivity index (χ0) is 10.2. The maximum atomic E-state index is 9.23. The third-order valence-electron chi connectivity index (χ3n) is 3.76. The van der Waals surface area contributed by atoms with Crippen LogP contribution in [0.25, 0.3) is 0 Å². The van der Waals surface area contributed by atoms with Crippen molar-refractivity contribution in [1.82, 2.24) is 5.32 Å². The maximum Gasteiger partial charge on any atom is 0.0584 e. The first-order valence-electron chi connectivity index (χ1n) is 6.00. The zero-order valence-corrected chi connectivity index (χ0v) is 9.42. The van der Waals surface area contributed by atoms with E-state index < -0.39 is 0 Å². The van der Waals surface area contributed by atoms with Crippen molar-refractivity contribution in [2.24, 2.45) is 11.3 Å². The lowest BCUT2D eigenvalue weighted by molar-refractivity contribution is 0.145. The fraction of sp³-hybridized carbons (Fsp3) is 1.00. The molecule has 0 amide bonds. The van der Waals surface area contributed by atoms with Crippen LogP contribution in [0.5, 0.6) is 0 Å². The van der Waals surface area contributed by atoms with Gasteiger partial charge in [0.1, 0.15) is 0 Å². The zero-order valence-electron chi connectivity index (χ0n) is 9.42. The first kappa shape index (κ1) is 10.4. The molecule has 1 atom stereocenters. The van der Waals surface area contributed by atoms with Gasteiger partial charge in [0.05, 0.1) is 6.61 Å². The van der Waals surface area contributed by atoms with Crippen LogP contribution in [0.4, 0.5) is 0 Å². The molecule has 1 spiro atoms. The highest BCUT2D eigenvalue weighted by atomic mass is 16.3. The van der Waals surface area contributed by atoms with Crippen molar-refractivity contribution in [3.63, 3.8) is 0 Å². The summed E-state index contributed by atoms with van der Waals surface area (Å²) in [5, 5.41) is 12.8. The Balaban J connectivity index is 1.67. The predicted molar refractivity (Wildman–Crippen MR) is 58.2 cm³/mol. The van der Waals surface area contributed by atoms with Crippen molar-refractivity contribution in [3.05, 3.63) is 0 Å². The smallest absolute Gasteiger partial charge is 0.0584 e. The Hall–Kier alpha value is -0.0800. The van der Waals surface area contributed by atoms with Gasteiger partial charge in [0.2, 0.25) is 0 Å². The van der Waals surface area contributed by atoms with E-state index in [0.717, 1.165) is 11.8 Å². The van der Waals surface area contributed by atoms with Gasteiger partial charge in [-0.2, -0.15) is 0 Å². The molecule has 0 saturated heterocycles. The third-order valence-corrected chi connectivity index (χ3v) is 3.76. The molecule has 0 radical (unpaired) electrons. The van der Waals surface area contributed by atoms with E-state index in [1.165, 1.54) is 25.7 Å². The van der Waals surface area contributed by atoms with Gasteiger partial charge in [-0.05, 0) is 43.4 Å². The van der Waals surface area contributed by atoms with Crippen molar-refractivity contribution in [2.45, 2.75) is 58.0 Å². The first-order chi connectivity index (χ1) is 6.63. The lowest BCUT2D eigenvalue weighted by Gasteiger charge is -2.39. The average molecular weight is 197 g/mol. The van der Waals surface area contributed by atoms with Gasteiger partial charge in [0.15, 0.2) is 0 Å². The maximum absolute atomic E-state index is 9.23. The molecule has 0 aromatic carbocycles. The van der Waals surface area contributed by atoms with Crippen molar-refractivity contribution in [2.75, 3.05) is 6.61 Å². The van der Waals surface area contributed by atoms with E-state index in [9.17, 15) is 5.11 Å². The number of rotatable bonds is 5. The van der Waals surface area contributed by atoms with E-state index in [1.807, 2.05) is 0 Å². The summed E-state index contributed by atoms with van der Waals surface area (Å²) < 4.78 is 0. The van der Waals surface area contributed by atoms with Gasteiger partial charge in [-0.25, -0.2) is 0 Å². The van der Waals surface area contributed by atoms with Crippen LogP contribution in [0.2, 0.25) is 0 Å². The molecule has 2 N–H and O–H groups in total. The number of hydrogen-bond acceptors (Lipinski definition) is 2. The molecular weight excluding hydrogens is 174 g/mol. The van der Waals surface area contributed by atoms with Gasteiger partial charge >= 0.3 is 0 Å². The topological polar surface area (TPSA) is 32.3 Å². The van der Waals surface area contributed by atoms with Crippen LogP contribution in [0.15, 0.2) is 0 Å². The molecule has 2 nitrogen and oxygen atoms in total. The van der Waals surface area contributed by atoms with Crippen LogP contribution in [0.3, 0.4) is 0 Å². The summed E-state index contributed by atoms with van der Waals surface area (Å²) in [7, 11) is 0. The van der Waals surface area contributed by atoms with Crippen LogP contribution < -0.4 is 5.32 Å². The van der Waals surface area contributed by atoms with Gasteiger partial charge < -0.3 is 10.4 Å². The van der Waals surface area contributed by atoms with Crippen molar-refractivity contribution in [1.29, 1.82) is 0 Å². The monoisotopic (exact) mass is 197 g/mol. The quantitative estimate of drug-likeness (QED) is 0.706. The van der Waals surface area contributed by atoms with Crippen LogP contribution >= 0.6 is 0 Å². The Morgan fingerprint density at radius 1 is 1.36 bits per heavy atom. The number of aliphatic hydroxyl groups is 1. The summed E-state index contributed by atoms with van der Waals surface area (Å²) in [4.78, 5) is 0. The molecule has 2 heteroatoms. The van der Waals surface area contributed by atoms with E-state index in [1.54, 1.807) is 0 Å². The minimum absolute atomic E-state index is 0.293. The van der Waals surface area contributed by atoms with E-state index in [4.69, 9.17) is 0 Å². The molecule has 0 aliphatic heterocycles. The van der Waals surface area contributed by atoms with Crippen LogP contribution in [-0.4, -0.2) is 23.8 Å². The van der Waals surface area contributed by atoms with Gasteiger partial charge in [-0.1, -0.05) is 13.8 Å². The summed E-state index contributed by atoms with van der Waals surface area (Å²) in [6.07, 6.45) is 6.74.